The number of pyridine rings is 1. The second-order valence-electron chi connectivity index (χ2n) is 6.99. The van der Waals surface area contributed by atoms with Gasteiger partial charge in [-0.2, -0.15) is 5.10 Å². The van der Waals surface area contributed by atoms with E-state index in [2.05, 4.69) is 10.1 Å². The average molecular weight is 398 g/mol. The first-order chi connectivity index (χ1) is 12.8. The highest BCUT2D eigenvalue weighted by atomic mass is 35.5. The summed E-state index contributed by atoms with van der Waals surface area (Å²) in [5.74, 6) is -2.77. The molecule has 2 aromatic heterocycles. The number of hydrogen-bond donors (Lipinski definition) is 0. The Hall–Kier alpha value is -2.29. The molecule has 0 spiro atoms. The Morgan fingerprint density at radius 2 is 2.19 bits per heavy atom. The van der Waals surface area contributed by atoms with Crippen LogP contribution in [0.5, 0.6) is 0 Å². The van der Waals surface area contributed by atoms with Gasteiger partial charge in [0.25, 0.3) is 5.92 Å². The normalized spacial score (nSPS) is 21.3. The van der Waals surface area contributed by atoms with Crippen molar-refractivity contribution >= 4 is 17.5 Å². The van der Waals surface area contributed by atoms with Gasteiger partial charge in [0, 0.05) is 25.6 Å². The summed E-state index contributed by atoms with van der Waals surface area (Å²) >= 11 is 5.77. The molecule has 1 fully saturated rings. The number of carbonyl (C=O) groups is 1. The van der Waals surface area contributed by atoms with E-state index in [9.17, 15) is 18.4 Å². The average Bonchev–Trinajstić information content (AvgIpc) is 3.16. The molecule has 0 aliphatic carbocycles. The number of fused-ring (bicyclic) bond motifs is 1. The lowest BCUT2D eigenvalue weighted by Gasteiger charge is -2.27. The molecule has 4 heterocycles. The molecule has 0 unspecified atom stereocenters. The van der Waals surface area contributed by atoms with Crippen LogP contribution in [0.3, 0.4) is 0 Å². The van der Waals surface area contributed by atoms with Crippen LogP contribution in [-0.4, -0.2) is 49.2 Å². The number of aromatic nitrogens is 4. The molecule has 2 aromatic rings. The lowest BCUT2D eigenvalue weighted by atomic mass is 10.0. The zero-order chi connectivity index (χ0) is 19.2. The monoisotopic (exact) mass is 397 g/mol. The predicted octanol–water partition coefficient (Wildman–Crippen LogP) is 1.89. The van der Waals surface area contributed by atoms with E-state index in [1.807, 2.05) is 0 Å². The Kier molecular flexibility index (Phi) is 4.49. The van der Waals surface area contributed by atoms with Gasteiger partial charge in [-0.1, -0.05) is 17.7 Å². The molecular formula is C17H18ClF2N5O2. The topological polar surface area (TPSA) is 73.0 Å². The van der Waals surface area contributed by atoms with Crippen molar-refractivity contribution < 1.29 is 13.6 Å². The first-order valence-corrected chi connectivity index (χ1v) is 9.17. The summed E-state index contributed by atoms with van der Waals surface area (Å²) in [6.07, 6.45) is 2.92. The van der Waals surface area contributed by atoms with E-state index in [0.717, 1.165) is 10.5 Å². The summed E-state index contributed by atoms with van der Waals surface area (Å²) in [5, 5.41) is 4.69. The van der Waals surface area contributed by atoms with Crippen LogP contribution in [0.2, 0.25) is 5.15 Å². The molecule has 0 saturated carbocycles. The molecule has 1 saturated heterocycles. The van der Waals surface area contributed by atoms with Crippen LogP contribution in [-0.2, 0) is 17.8 Å². The van der Waals surface area contributed by atoms with Gasteiger partial charge in [0.15, 0.2) is 0 Å². The number of rotatable bonds is 3. The minimum atomic E-state index is -2.86. The zero-order valence-electron chi connectivity index (χ0n) is 14.4. The fourth-order valence-electron chi connectivity index (χ4n) is 3.68. The molecule has 144 valence electrons. The fraction of sp³-hybridized carbons (Fsp3) is 0.529. The Bertz CT molecular complexity index is 924. The van der Waals surface area contributed by atoms with E-state index >= 15 is 0 Å². The van der Waals surface area contributed by atoms with E-state index in [0.29, 0.717) is 30.2 Å². The van der Waals surface area contributed by atoms with Crippen LogP contribution < -0.4 is 5.69 Å². The first kappa shape index (κ1) is 18.1. The van der Waals surface area contributed by atoms with Gasteiger partial charge in [-0.15, -0.1) is 0 Å². The van der Waals surface area contributed by atoms with E-state index in [1.165, 1.54) is 9.25 Å². The predicted molar refractivity (Wildman–Crippen MR) is 93.0 cm³/mol. The van der Waals surface area contributed by atoms with Gasteiger partial charge in [-0.05, 0) is 24.5 Å². The zero-order valence-corrected chi connectivity index (χ0v) is 15.2. The number of amides is 1. The molecule has 2 aliphatic heterocycles. The molecule has 0 bridgehead atoms. The van der Waals surface area contributed by atoms with Crippen molar-refractivity contribution in [3.63, 3.8) is 0 Å². The minimum absolute atomic E-state index is 0.0109. The minimum Gasteiger partial charge on any atom is -0.335 e. The SMILES string of the molecule is O=C([C@H]1CCCc2nn(Cc3ccc(Cl)nc3)c(=O)n21)N1CCC(F)(F)C1. The Morgan fingerprint density at radius 1 is 1.37 bits per heavy atom. The van der Waals surface area contributed by atoms with Crippen LogP contribution in [0.25, 0.3) is 0 Å². The van der Waals surface area contributed by atoms with E-state index in [4.69, 9.17) is 11.6 Å². The summed E-state index contributed by atoms with van der Waals surface area (Å²) in [7, 11) is 0. The van der Waals surface area contributed by atoms with Crippen LogP contribution >= 0.6 is 11.6 Å². The summed E-state index contributed by atoms with van der Waals surface area (Å²) in [5.41, 5.74) is 0.336. The molecule has 2 aliphatic rings. The highest BCUT2D eigenvalue weighted by Crippen LogP contribution is 2.31. The lowest BCUT2D eigenvalue weighted by Crippen LogP contribution is -2.42. The van der Waals surface area contributed by atoms with Gasteiger partial charge >= 0.3 is 5.69 Å². The smallest absolute Gasteiger partial charge is 0.335 e. The Morgan fingerprint density at radius 3 is 2.85 bits per heavy atom. The summed E-state index contributed by atoms with van der Waals surface area (Å²) in [4.78, 5) is 30.8. The maximum atomic E-state index is 13.5. The molecule has 1 amide bonds. The highest BCUT2D eigenvalue weighted by Gasteiger charge is 2.43. The van der Waals surface area contributed by atoms with Gasteiger partial charge < -0.3 is 4.90 Å². The summed E-state index contributed by atoms with van der Waals surface area (Å²) < 4.78 is 29.6. The van der Waals surface area contributed by atoms with Crippen LogP contribution in [0.1, 0.15) is 36.7 Å². The first-order valence-electron chi connectivity index (χ1n) is 8.79. The molecule has 0 aromatic carbocycles. The van der Waals surface area contributed by atoms with E-state index < -0.39 is 30.1 Å². The molecule has 4 rings (SSSR count). The quantitative estimate of drug-likeness (QED) is 0.741. The summed E-state index contributed by atoms with van der Waals surface area (Å²) in [6, 6.07) is 2.60. The third kappa shape index (κ3) is 3.47. The van der Waals surface area contributed by atoms with Crippen LogP contribution in [0, 0.1) is 0 Å². The van der Waals surface area contributed by atoms with Gasteiger partial charge in [0.05, 0.1) is 13.1 Å². The van der Waals surface area contributed by atoms with E-state index in [1.54, 1.807) is 18.3 Å². The number of aryl methyl sites for hydroxylation is 1. The number of likely N-dealkylation sites (tertiary alicyclic amines) is 1. The molecule has 10 heteroatoms. The van der Waals surface area contributed by atoms with E-state index in [-0.39, 0.29) is 19.5 Å². The maximum absolute atomic E-state index is 13.5. The van der Waals surface area contributed by atoms with Crippen molar-refractivity contribution in [1.29, 1.82) is 0 Å². The van der Waals surface area contributed by atoms with Crippen molar-refractivity contribution in [2.45, 2.75) is 44.2 Å². The van der Waals surface area contributed by atoms with Gasteiger partial charge in [-0.25, -0.2) is 23.2 Å². The van der Waals surface area contributed by atoms with Crippen molar-refractivity contribution in [3.05, 3.63) is 45.4 Å². The van der Waals surface area contributed by atoms with Crippen molar-refractivity contribution in [1.82, 2.24) is 24.2 Å². The third-order valence-corrected chi connectivity index (χ3v) is 5.24. The Labute approximate surface area is 158 Å². The number of alkyl halides is 2. The second-order valence-corrected chi connectivity index (χ2v) is 7.38. The van der Waals surface area contributed by atoms with Gasteiger partial charge in [0.1, 0.15) is 17.0 Å². The molecule has 0 radical (unpaired) electrons. The molecule has 1 atom stereocenters. The van der Waals surface area contributed by atoms with Gasteiger partial charge in [-0.3, -0.25) is 9.36 Å². The molecular weight excluding hydrogens is 380 g/mol. The summed E-state index contributed by atoms with van der Waals surface area (Å²) in [6.45, 7) is -0.375. The highest BCUT2D eigenvalue weighted by molar-refractivity contribution is 6.29. The molecule has 7 nitrogen and oxygen atoms in total. The lowest BCUT2D eigenvalue weighted by molar-refractivity contribution is -0.135. The fourth-order valence-corrected chi connectivity index (χ4v) is 3.79. The largest absolute Gasteiger partial charge is 0.346 e. The molecule has 0 N–H and O–H groups in total. The number of halogens is 3. The van der Waals surface area contributed by atoms with Crippen LogP contribution in [0.4, 0.5) is 8.78 Å². The third-order valence-electron chi connectivity index (χ3n) is 5.02. The second kappa shape index (κ2) is 6.70. The van der Waals surface area contributed by atoms with Gasteiger partial charge in [0.2, 0.25) is 5.91 Å². The maximum Gasteiger partial charge on any atom is 0.346 e. The van der Waals surface area contributed by atoms with Crippen LogP contribution in [0.15, 0.2) is 23.1 Å². The number of carbonyl (C=O) groups excluding carboxylic acids is 1. The van der Waals surface area contributed by atoms with Crippen molar-refractivity contribution in [2.75, 3.05) is 13.1 Å². The molecule has 27 heavy (non-hydrogen) atoms. The Balaban J connectivity index is 1.61. The number of nitrogens with zero attached hydrogens (tertiary/aromatic N) is 5. The van der Waals surface area contributed by atoms with Crippen molar-refractivity contribution in [2.24, 2.45) is 0 Å². The number of hydrogen-bond acceptors (Lipinski definition) is 4. The standard InChI is InChI=1S/C17H18ClF2N5O2/c18-13-5-4-11(8-21-13)9-24-16(27)25-12(2-1-3-14(25)22-24)15(26)23-7-6-17(19,20)10-23/h4-5,8,12H,1-3,6-7,9-10H2/t12-/m1/s1. The van der Waals surface area contributed by atoms with Crippen molar-refractivity contribution in [3.8, 4) is 0 Å².